The molecule has 4 rings (SSSR count). The molecule has 0 unspecified atom stereocenters. The lowest BCUT2D eigenvalue weighted by molar-refractivity contribution is -0.384. The van der Waals surface area contributed by atoms with Crippen molar-refractivity contribution in [1.82, 2.24) is 19.4 Å². The van der Waals surface area contributed by atoms with Gasteiger partial charge in [-0.25, -0.2) is 4.98 Å². The molecular formula is C30H42N6O3. The number of anilines is 2. The molecule has 1 aromatic heterocycles. The molecule has 3 aromatic rings. The van der Waals surface area contributed by atoms with Gasteiger partial charge in [0.15, 0.2) is 0 Å². The first kappa shape index (κ1) is 28.5. The van der Waals surface area contributed by atoms with Gasteiger partial charge < -0.3 is 19.7 Å². The van der Waals surface area contributed by atoms with E-state index in [0.29, 0.717) is 11.5 Å². The highest BCUT2D eigenvalue weighted by Gasteiger charge is 2.19. The first-order valence-corrected chi connectivity index (χ1v) is 14.5. The van der Waals surface area contributed by atoms with Crippen LogP contribution >= 0.6 is 0 Å². The van der Waals surface area contributed by atoms with Gasteiger partial charge in [-0.2, -0.15) is 0 Å². The van der Waals surface area contributed by atoms with Crippen LogP contribution in [0, 0.1) is 10.1 Å². The van der Waals surface area contributed by atoms with E-state index < -0.39 is 4.92 Å². The van der Waals surface area contributed by atoms with Gasteiger partial charge in [0.25, 0.3) is 11.6 Å². The molecule has 1 amide bonds. The minimum atomic E-state index is -0.400. The monoisotopic (exact) mass is 534 g/mol. The van der Waals surface area contributed by atoms with E-state index in [2.05, 4.69) is 28.6 Å². The number of piperidine rings is 1. The lowest BCUT2D eigenvalue weighted by Gasteiger charge is -2.26. The molecule has 1 aliphatic rings. The van der Waals surface area contributed by atoms with Crippen LogP contribution in [0.5, 0.6) is 0 Å². The van der Waals surface area contributed by atoms with Crippen molar-refractivity contribution >= 4 is 34.3 Å². The van der Waals surface area contributed by atoms with Crippen LogP contribution in [0.25, 0.3) is 11.0 Å². The number of amides is 1. The molecule has 0 radical (unpaired) electrons. The van der Waals surface area contributed by atoms with E-state index in [0.717, 1.165) is 88.1 Å². The summed E-state index contributed by atoms with van der Waals surface area (Å²) in [6.07, 6.45) is 8.91. The summed E-state index contributed by atoms with van der Waals surface area (Å²) in [4.78, 5) is 33.6. The highest BCUT2D eigenvalue weighted by molar-refractivity contribution is 5.98. The number of nitro groups is 1. The predicted octanol–water partition coefficient (Wildman–Crippen LogP) is 6.61. The fraction of sp³-hybridized carbons (Fsp3) is 0.533. The maximum Gasteiger partial charge on any atom is 0.269 e. The Labute approximate surface area is 231 Å². The van der Waals surface area contributed by atoms with Gasteiger partial charge >= 0.3 is 0 Å². The predicted molar refractivity (Wildman–Crippen MR) is 157 cm³/mol. The minimum Gasteiger partial charge on any atom is -0.339 e. The zero-order valence-corrected chi connectivity index (χ0v) is 23.4. The number of aromatic nitrogens is 2. The van der Waals surface area contributed by atoms with E-state index in [1.54, 1.807) is 12.1 Å². The molecule has 0 bridgehead atoms. The number of carbonyl (C=O) groups is 1. The van der Waals surface area contributed by atoms with Gasteiger partial charge in [-0.15, -0.1) is 0 Å². The molecule has 9 heteroatoms. The average molecular weight is 535 g/mol. The van der Waals surface area contributed by atoms with Crippen molar-refractivity contribution in [3.8, 4) is 0 Å². The minimum absolute atomic E-state index is 0.0504. The third kappa shape index (κ3) is 7.56. The Kier molecular flexibility index (Phi) is 10.3. The molecule has 210 valence electrons. The number of nitrogens with one attached hydrogen (secondary N) is 1. The number of nitro benzene ring substituents is 1. The molecule has 0 spiro atoms. The van der Waals surface area contributed by atoms with Crippen LogP contribution in [0.4, 0.5) is 17.3 Å². The Morgan fingerprint density at radius 1 is 0.974 bits per heavy atom. The second kappa shape index (κ2) is 14.1. The largest absolute Gasteiger partial charge is 0.339 e. The smallest absolute Gasteiger partial charge is 0.269 e. The van der Waals surface area contributed by atoms with Gasteiger partial charge in [0, 0.05) is 43.0 Å². The fourth-order valence-electron chi connectivity index (χ4n) is 5.20. The number of hydrogen-bond acceptors (Lipinski definition) is 6. The summed E-state index contributed by atoms with van der Waals surface area (Å²) >= 11 is 0. The van der Waals surface area contributed by atoms with Crippen molar-refractivity contribution in [3.05, 3.63) is 58.1 Å². The molecule has 1 N–H and O–H groups in total. The van der Waals surface area contributed by atoms with E-state index in [-0.39, 0.29) is 11.6 Å². The van der Waals surface area contributed by atoms with Gasteiger partial charge in [0.05, 0.1) is 16.0 Å². The number of likely N-dealkylation sites (tertiary alicyclic amines) is 1. The van der Waals surface area contributed by atoms with Gasteiger partial charge in [-0.1, -0.05) is 33.1 Å². The van der Waals surface area contributed by atoms with Crippen LogP contribution in [0.3, 0.4) is 0 Å². The Balaban J connectivity index is 1.61. The molecular weight excluding hydrogens is 492 g/mol. The van der Waals surface area contributed by atoms with Gasteiger partial charge in [-0.3, -0.25) is 14.9 Å². The van der Waals surface area contributed by atoms with Crippen LogP contribution in [-0.4, -0.2) is 62.9 Å². The van der Waals surface area contributed by atoms with Crippen LogP contribution in [0.15, 0.2) is 42.5 Å². The van der Waals surface area contributed by atoms with Crippen LogP contribution in [0.1, 0.15) is 75.6 Å². The lowest BCUT2D eigenvalue weighted by atomic mass is 10.1. The summed E-state index contributed by atoms with van der Waals surface area (Å²) < 4.78 is 2.15. The zero-order valence-electron chi connectivity index (χ0n) is 23.4. The third-order valence-corrected chi connectivity index (χ3v) is 7.48. The SMILES string of the molecule is CCCCN(CCCC)C(=O)c1ccc2nc(Nc3ccc([N+](=O)[O-])cc3)n(CCCN3CCCCC3)c2c1. The lowest BCUT2D eigenvalue weighted by Crippen LogP contribution is -2.33. The first-order valence-electron chi connectivity index (χ1n) is 14.5. The summed E-state index contributed by atoms with van der Waals surface area (Å²) in [5.74, 6) is 0.751. The second-order valence-corrected chi connectivity index (χ2v) is 10.5. The van der Waals surface area contributed by atoms with Gasteiger partial charge in [0.1, 0.15) is 0 Å². The highest BCUT2D eigenvalue weighted by Crippen LogP contribution is 2.26. The maximum atomic E-state index is 13.5. The number of hydrogen-bond donors (Lipinski definition) is 1. The molecule has 0 atom stereocenters. The number of nitrogens with zero attached hydrogens (tertiary/aromatic N) is 5. The average Bonchev–Trinajstić information content (AvgIpc) is 3.29. The Bertz CT molecular complexity index is 1230. The van der Waals surface area contributed by atoms with E-state index in [4.69, 9.17) is 4.98 Å². The zero-order chi connectivity index (χ0) is 27.6. The van der Waals surface area contributed by atoms with E-state index in [1.165, 1.54) is 31.4 Å². The van der Waals surface area contributed by atoms with E-state index in [9.17, 15) is 14.9 Å². The van der Waals surface area contributed by atoms with Crippen molar-refractivity contribution in [1.29, 1.82) is 0 Å². The molecule has 0 aliphatic carbocycles. The Hall–Kier alpha value is -3.46. The number of aryl methyl sites for hydroxylation is 1. The number of benzene rings is 2. The van der Waals surface area contributed by atoms with Crippen molar-refractivity contribution in [2.75, 3.05) is 38.0 Å². The van der Waals surface area contributed by atoms with Crippen LogP contribution < -0.4 is 5.32 Å². The van der Waals surface area contributed by atoms with Crippen molar-refractivity contribution in [2.45, 2.75) is 71.8 Å². The number of carbonyl (C=O) groups excluding carboxylic acids is 1. The maximum absolute atomic E-state index is 13.5. The van der Waals surface area contributed by atoms with Crippen molar-refractivity contribution in [3.63, 3.8) is 0 Å². The van der Waals surface area contributed by atoms with Crippen molar-refractivity contribution < 1.29 is 9.72 Å². The van der Waals surface area contributed by atoms with Crippen LogP contribution in [-0.2, 0) is 6.54 Å². The summed E-state index contributed by atoms with van der Waals surface area (Å²) in [5.41, 5.74) is 3.22. The standard InChI is InChI=1S/C30H42N6O3/c1-3-5-20-34(21-6-4-2)29(37)24-11-16-27-28(23-24)35(22-10-19-33-17-8-7-9-18-33)30(32-27)31-25-12-14-26(15-13-25)36(38)39/h11-16,23H,3-10,17-22H2,1-2H3,(H,31,32). The molecule has 9 nitrogen and oxygen atoms in total. The molecule has 1 fully saturated rings. The summed E-state index contributed by atoms with van der Waals surface area (Å²) in [6.45, 7) is 9.94. The summed E-state index contributed by atoms with van der Waals surface area (Å²) in [6, 6.07) is 12.2. The molecule has 1 aliphatic heterocycles. The molecule has 0 saturated carbocycles. The fourth-order valence-corrected chi connectivity index (χ4v) is 5.20. The topological polar surface area (TPSA) is 96.5 Å². The molecule has 2 heterocycles. The quantitative estimate of drug-likeness (QED) is 0.185. The Morgan fingerprint density at radius 2 is 1.67 bits per heavy atom. The highest BCUT2D eigenvalue weighted by atomic mass is 16.6. The first-order chi connectivity index (χ1) is 19.0. The summed E-state index contributed by atoms with van der Waals surface area (Å²) in [7, 11) is 0. The molecule has 2 aromatic carbocycles. The molecule has 1 saturated heterocycles. The number of rotatable bonds is 14. The normalized spacial score (nSPS) is 14.0. The number of non-ortho nitro benzene ring substituents is 1. The van der Waals surface area contributed by atoms with Gasteiger partial charge in [-0.05, 0) is 82.1 Å². The van der Waals surface area contributed by atoms with E-state index >= 15 is 0 Å². The Morgan fingerprint density at radius 3 is 2.31 bits per heavy atom. The second-order valence-electron chi connectivity index (χ2n) is 10.5. The third-order valence-electron chi connectivity index (χ3n) is 7.48. The summed E-state index contributed by atoms with van der Waals surface area (Å²) in [5, 5.41) is 14.4. The number of fused-ring (bicyclic) bond motifs is 1. The molecule has 39 heavy (non-hydrogen) atoms. The van der Waals surface area contributed by atoms with E-state index in [1.807, 2.05) is 23.1 Å². The number of imidazole rings is 1. The van der Waals surface area contributed by atoms with Crippen LogP contribution in [0.2, 0.25) is 0 Å². The van der Waals surface area contributed by atoms with Crippen molar-refractivity contribution in [2.24, 2.45) is 0 Å². The van der Waals surface area contributed by atoms with Gasteiger partial charge in [0.2, 0.25) is 5.95 Å². The number of unbranched alkanes of at least 4 members (excludes halogenated alkanes) is 2.